The third kappa shape index (κ3) is 5.00. The molecule has 1 saturated carbocycles. The fourth-order valence-electron chi connectivity index (χ4n) is 2.70. The summed E-state index contributed by atoms with van der Waals surface area (Å²) >= 11 is 0. The number of halogens is 2. The van der Waals surface area contributed by atoms with Crippen molar-refractivity contribution in [1.82, 2.24) is 0 Å². The maximum absolute atomic E-state index is 14.8. The van der Waals surface area contributed by atoms with Crippen LogP contribution in [-0.4, -0.2) is 13.2 Å². The summed E-state index contributed by atoms with van der Waals surface area (Å²) in [5, 5.41) is 0. The molecule has 1 aliphatic carbocycles. The lowest BCUT2D eigenvalue weighted by atomic mass is 9.74. The minimum atomic E-state index is -2.83. The van der Waals surface area contributed by atoms with E-state index in [4.69, 9.17) is 4.74 Å². The Morgan fingerprint density at radius 1 is 1.00 bits per heavy atom. The van der Waals surface area contributed by atoms with Crippen molar-refractivity contribution in [2.24, 2.45) is 16.7 Å². The predicted octanol–water partition coefficient (Wildman–Crippen LogP) is 6.04. The number of hydrogen-bond acceptors (Lipinski definition) is 1. The molecule has 0 aromatic heterocycles. The monoisotopic (exact) mass is 324 g/mol. The summed E-state index contributed by atoms with van der Waals surface area (Å²) in [5.41, 5.74) is -1.05. The zero-order valence-corrected chi connectivity index (χ0v) is 14.9. The van der Waals surface area contributed by atoms with Crippen molar-refractivity contribution in [1.29, 1.82) is 0 Å². The number of benzene rings is 1. The Labute approximate surface area is 139 Å². The molecule has 1 aliphatic rings. The molecule has 0 bridgehead atoms. The van der Waals surface area contributed by atoms with Crippen LogP contribution < -0.4 is 0 Å². The van der Waals surface area contributed by atoms with E-state index >= 15 is 0 Å². The van der Waals surface area contributed by atoms with Crippen molar-refractivity contribution in [3.8, 4) is 0 Å². The zero-order chi connectivity index (χ0) is 17.1. The van der Waals surface area contributed by atoms with Gasteiger partial charge in [-0.15, -0.1) is 0 Å². The Morgan fingerprint density at radius 2 is 1.61 bits per heavy atom. The van der Waals surface area contributed by atoms with Crippen LogP contribution >= 0.6 is 0 Å². The Balaban J connectivity index is 1.91. The number of alkyl halides is 2. The Hall–Kier alpha value is -0.960. The van der Waals surface area contributed by atoms with E-state index in [2.05, 4.69) is 13.8 Å². The first-order valence-electron chi connectivity index (χ1n) is 8.65. The van der Waals surface area contributed by atoms with Crippen LogP contribution in [-0.2, 0) is 10.7 Å². The summed E-state index contributed by atoms with van der Waals surface area (Å²) in [6.45, 7) is 9.03. The first-order valence-corrected chi connectivity index (χ1v) is 8.65. The molecule has 0 saturated heterocycles. The SMILES string of the molecule is CC(C)(CCC(C)(C)C(F)(F)c1ccccc1)COCC1CC1. The standard InChI is InChI=1S/C20H30F2O/c1-18(2,15-23-14-16-10-11-16)12-13-19(3,4)20(21,22)17-8-6-5-7-9-17/h5-9,16H,10-15H2,1-4H3. The molecule has 0 N–H and O–H groups in total. The predicted molar refractivity (Wildman–Crippen MR) is 90.7 cm³/mol. The van der Waals surface area contributed by atoms with E-state index in [1.165, 1.54) is 25.0 Å². The summed E-state index contributed by atoms with van der Waals surface area (Å²) in [4.78, 5) is 0. The van der Waals surface area contributed by atoms with E-state index in [0.717, 1.165) is 18.9 Å². The van der Waals surface area contributed by atoms with Crippen LogP contribution in [0.4, 0.5) is 8.78 Å². The normalized spacial score (nSPS) is 16.6. The molecule has 0 unspecified atom stereocenters. The quantitative estimate of drug-likeness (QED) is 0.538. The Morgan fingerprint density at radius 3 is 2.17 bits per heavy atom. The average Bonchev–Trinajstić information content (AvgIpc) is 3.30. The van der Waals surface area contributed by atoms with Gasteiger partial charge in [0.05, 0.1) is 6.61 Å². The molecule has 2 rings (SSSR count). The van der Waals surface area contributed by atoms with Crippen molar-refractivity contribution >= 4 is 0 Å². The number of rotatable bonds is 9. The van der Waals surface area contributed by atoms with Crippen LogP contribution in [0.1, 0.15) is 58.9 Å². The molecule has 0 radical (unpaired) electrons. The van der Waals surface area contributed by atoms with Crippen LogP contribution in [0.15, 0.2) is 30.3 Å². The largest absolute Gasteiger partial charge is 0.381 e. The van der Waals surface area contributed by atoms with E-state index < -0.39 is 11.3 Å². The molecule has 0 spiro atoms. The molecule has 0 atom stereocenters. The molecule has 1 aromatic carbocycles. The molecule has 1 nitrogen and oxygen atoms in total. The van der Waals surface area contributed by atoms with E-state index in [-0.39, 0.29) is 11.0 Å². The molecule has 130 valence electrons. The number of ether oxygens (including phenoxy) is 1. The highest BCUT2D eigenvalue weighted by Gasteiger charge is 2.48. The second-order valence-electron chi connectivity index (χ2n) is 8.45. The van der Waals surface area contributed by atoms with Gasteiger partial charge in [-0.2, -0.15) is 0 Å². The smallest absolute Gasteiger partial charge is 0.278 e. The van der Waals surface area contributed by atoms with Crippen molar-refractivity contribution in [2.75, 3.05) is 13.2 Å². The van der Waals surface area contributed by atoms with Gasteiger partial charge in [0.1, 0.15) is 0 Å². The summed E-state index contributed by atoms with van der Waals surface area (Å²) in [7, 11) is 0. The summed E-state index contributed by atoms with van der Waals surface area (Å²) in [6, 6.07) is 8.16. The zero-order valence-electron chi connectivity index (χ0n) is 14.9. The van der Waals surface area contributed by atoms with Gasteiger partial charge < -0.3 is 4.74 Å². The molecule has 0 heterocycles. The Bertz CT molecular complexity index is 490. The highest BCUT2D eigenvalue weighted by Crippen LogP contribution is 2.48. The van der Waals surface area contributed by atoms with Crippen LogP contribution in [0.2, 0.25) is 0 Å². The van der Waals surface area contributed by atoms with Gasteiger partial charge >= 0.3 is 0 Å². The first kappa shape index (κ1) is 18.4. The minimum absolute atomic E-state index is 0.0705. The summed E-state index contributed by atoms with van der Waals surface area (Å²) in [6.07, 6.45) is 3.75. The third-order valence-corrected chi connectivity index (χ3v) is 4.96. The molecule has 1 fully saturated rings. The molecule has 1 aromatic rings. The molecular weight excluding hydrogens is 294 g/mol. The van der Waals surface area contributed by atoms with Crippen LogP contribution in [0.3, 0.4) is 0 Å². The van der Waals surface area contributed by atoms with E-state index in [1.807, 2.05) is 0 Å². The lowest BCUT2D eigenvalue weighted by Gasteiger charge is -2.37. The van der Waals surface area contributed by atoms with Gasteiger partial charge in [-0.05, 0) is 37.0 Å². The lowest BCUT2D eigenvalue weighted by Crippen LogP contribution is -2.35. The van der Waals surface area contributed by atoms with Gasteiger partial charge in [0, 0.05) is 17.6 Å². The Kier molecular flexibility index (Phi) is 5.50. The van der Waals surface area contributed by atoms with Gasteiger partial charge in [-0.25, -0.2) is 8.78 Å². The highest BCUT2D eigenvalue weighted by molar-refractivity contribution is 5.22. The lowest BCUT2D eigenvalue weighted by molar-refractivity contribution is -0.122. The third-order valence-electron chi connectivity index (χ3n) is 4.96. The van der Waals surface area contributed by atoms with Crippen LogP contribution in [0, 0.1) is 16.7 Å². The summed E-state index contributed by atoms with van der Waals surface area (Å²) in [5.74, 6) is -2.09. The number of hydrogen-bond donors (Lipinski definition) is 0. The molecule has 3 heteroatoms. The topological polar surface area (TPSA) is 9.23 Å². The van der Waals surface area contributed by atoms with E-state index in [9.17, 15) is 8.78 Å². The van der Waals surface area contributed by atoms with Gasteiger partial charge in [-0.1, -0.05) is 58.0 Å². The highest BCUT2D eigenvalue weighted by atomic mass is 19.3. The van der Waals surface area contributed by atoms with Gasteiger partial charge in [0.25, 0.3) is 5.92 Å². The van der Waals surface area contributed by atoms with Crippen molar-refractivity contribution in [2.45, 2.75) is 59.3 Å². The molecule has 0 amide bonds. The maximum atomic E-state index is 14.8. The van der Waals surface area contributed by atoms with Crippen LogP contribution in [0.25, 0.3) is 0 Å². The van der Waals surface area contributed by atoms with Gasteiger partial charge in [0.15, 0.2) is 0 Å². The van der Waals surface area contributed by atoms with Gasteiger partial charge in [-0.3, -0.25) is 0 Å². The maximum Gasteiger partial charge on any atom is 0.278 e. The van der Waals surface area contributed by atoms with Crippen molar-refractivity contribution in [3.05, 3.63) is 35.9 Å². The molecular formula is C20H30F2O. The second-order valence-corrected chi connectivity index (χ2v) is 8.45. The van der Waals surface area contributed by atoms with E-state index in [1.54, 1.807) is 32.0 Å². The van der Waals surface area contributed by atoms with E-state index in [0.29, 0.717) is 13.0 Å². The van der Waals surface area contributed by atoms with Crippen molar-refractivity contribution < 1.29 is 13.5 Å². The van der Waals surface area contributed by atoms with Crippen molar-refractivity contribution in [3.63, 3.8) is 0 Å². The fraction of sp³-hybridized carbons (Fsp3) is 0.700. The molecule has 23 heavy (non-hydrogen) atoms. The summed E-state index contributed by atoms with van der Waals surface area (Å²) < 4.78 is 35.5. The average molecular weight is 324 g/mol. The minimum Gasteiger partial charge on any atom is -0.381 e. The second kappa shape index (κ2) is 6.88. The first-order chi connectivity index (χ1) is 10.6. The fourth-order valence-corrected chi connectivity index (χ4v) is 2.70. The molecule has 0 aliphatic heterocycles. The van der Waals surface area contributed by atoms with Crippen LogP contribution in [0.5, 0.6) is 0 Å². The van der Waals surface area contributed by atoms with Gasteiger partial charge in [0.2, 0.25) is 0 Å².